The Kier molecular flexibility index (Phi) is 7.87. The van der Waals surface area contributed by atoms with Crippen LogP contribution in [0.25, 0.3) is 0 Å². The van der Waals surface area contributed by atoms with Crippen LogP contribution in [0.1, 0.15) is 60.0 Å². The monoisotopic (exact) mass is 567 g/mol. The van der Waals surface area contributed by atoms with E-state index in [1.165, 1.54) is 57.4 Å². The molecule has 4 fully saturated rings. The van der Waals surface area contributed by atoms with Gasteiger partial charge in [0.15, 0.2) is 18.1 Å². The molecule has 0 atom stereocenters. The smallest absolute Gasteiger partial charge is 0.271 e. The number of carbonyl (C=O) groups excluding carboxylic acids is 2. The Balaban J connectivity index is 1.01. The molecule has 0 spiro atoms. The lowest BCUT2D eigenvalue weighted by atomic mass is 9.48. The zero-order chi connectivity index (χ0) is 29.1. The minimum Gasteiger partial charge on any atom is -0.497 e. The normalized spacial score (nSPS) is 23.9. The molecule has 8 nitrogen and oxygen atoms in total. The second-order valence-electron chi connectivity index (χ2n) is 12.0. The van der Waals surface area contributed by atoms with E-state index in [2.05, 4.69) is 28.0 Å². The van der Waals surface area contributed by atoms with Crippen LogP contribution in [0.2, 0.25) is 0 Å². The lowest BCUT2D eigenvalue weighted by molar-refractivity contribution is -0.118. The van der Waals surface area contributed by atoms with Crippen LogP contribution in [0.15, 0.2) is 71.8 Å². The lowest BCUT2D eigenvalue weighted by Crippen LogP contribution is -2.48. The van der Waals surface area contributed by atoms with E-state index in [-0.39, 0.29) is 18.4 Å². The van der Waals surface area contributed by atoms with Crippen LogP contribution >= 0.6 is 0 Å². The number of benzene rings is 3. The molecule has 218 valence electrons. The highest BCUT2D eigenvalue weighted by Gasteiger charge is 2.51. The fourth-order valence-corrected chi connectivity index (χ4v) is 7.57. The lowest BCUT2D eigenvalue weighted by Gasteiger charge is -2.57. The highest BCUT2D eigenvalue weighted by Crippen LogP contribution is 2.60. The SMILES string of the molecule is COc1ccc(C(=O)N/N=C/c2ccc(OCC(=O)Nc3ccc(C45CC6CC(CC(C6)C4)C5)cc3)c(OC)c2)cc1. The maximum atomic E-state index is 12.7. The molecular weight excluding hydrogens is 530 g/mol. The van der Waals surface area contributed by atoms with Crippen molar-refractivity contribution >= 4 is 23.7 Å². The van der Waals surface area contributed by atoms with E-state index in [4.69, 9.17) is 14.2 Å². The molecule has 0 aliphatic heterocycles. The van der Waals surface area contributed by atoms with Crippen LogP contribution in [0.3, 0.4) is 0 Å². The van der Waals surface area contributed by atoms with Gasteiger partial charge in [-0.3, -0.25) is 9.59 Å². The van der Waals surface area contributed by atoms with Crippen molar-refractivity contribution in [3.8, 4) is 17.2 Å². The van der Waals surface area contributed by atoms with Crippen molar-refractivity contribution in [1.82, 2.24) is 5.43 Å². The van der Waals surface area contributed by atoms with Crippen molar-refractivity contribution in [1.29, 1.82) is 0 Å². The third kappa shape index (κ3) is 5.98. The fraction of sp³-hybridized carbons (Fsp3) is 0.382. The molecule has 0 heterocycles. The van der Waals surface area contributed by atoms with Crippen molar-refractivity contribution in [3.05, 3.63) is 83.4 Å². The second kappa shape index (κ2) is 11.9. The quantitative estimate of drug-likeness (QED) is 0.233. The van der Waals surface area contributed by atoms with E-state index in [0.29, 0.717) is 33.8 Å². The Bertz CT molecular complexity index is 1430. The van der Waals surface area contributed by atoms with Gasteiger partial charge in [-0.15, -0.1) is 0 Å². The Morgan fingerprint density at radius 2 is 1.52 bits per heavy atom. The molecule has 42 heavy (non-hydrogen) atoms. The largest absolute Gasteiger partial charge is 0.497 e. The summed E-state index contributed by atoms with van der Waals surface area (Å²) in [5, 5.41) is 6.98. The van der Waals surface area contributed by atoms with Crippen molar-refractivity contribution in [2.24, 2.45) is 22.9 Å². The van der Waals surface area contributed by atoms with Gasteiger partial charge in [-0.1, -0.05) is 12.1 Å². The number of nitrogens with one attached hydrogen (secondary N) is 2. The van der Waals surface area contributed by atoms with Gasteiger partial charge in [-0.2, -0.15) is 5.10 Å². The van der Waals surface area contributed by atoms with E-state index < -0.39 is 0 Å². The minimum atomic E-state index is -0.339. The Morgan fingerprint density at radius 3 is 2.14 bits per heavy atom. The highest BCUT2D eigenvalue weighted by molar-refractivity contribution is 5.95. The zero-order valence-corrected chi connectivity index (χ0v) is 24.1. The average Bonchev–Trinajstić information content (AvgIpc) is 3.00. The number of methoxy groups -OCH3 is 2. The van der Waals surface area contributed by atoms with Crippen molar-refractivity contribution in [3.63, 3.8) is 0 Å². The van der Waals surface area contributed by atoms with E-state index >= 15 is 0 Å². The van der Waals surface area contributed by atoms with Crippen LogP contribution in [0, 0.1) is 17.8 Å². The van der Waals surface area contributed by atoms with Gasteiger partial charge < -0.3 is 19.5 Å². The molecule has 4 bridgehead atoms. The summed E-state index contributed by atoms with van der Waals surface area (Å²) in [4.78, 5) is 25.0. The first kappa shape index (κ1) is 27.8. The molecule has 3 aromatic rings. The average molecular weight is 568 g/mol. The fourth-order valence-electron chi connectivity index (χ4n) is 7.57. The highest BCUT2D eigenvalue weighted by atomic mass is 16.5. The summed E-state index contributed by atoms with van der Waals surface area (Å²) in [6.45, 7) is -0.154. The van der Waals surface area contributed by atoms with Gasteiger partial charge in [0.2, 0.25) is 0 Å². The molecule has 7 rings (SSSR count). The number of anilines is 1. The van der Waals surface area contributed by atoms with Crippen molar-refractivity contribution in [2.75, 3.05) is 26.1 Å². The van der Waals surface area contributed by atoms with E-state index in [1.54, 1.807) is 49.6 Å². The molecule has 0 aromatic heterocycles. The maximum Gasteiger partial charge on any atom is 0.271 e. The summed E-state index contributed by atoms with van der Waals surface area (Å²) in [5.74, 6) is 3.67. The number of amides is 2. The van der Waals surface area contributed by atoms with Crippen molar-refractivity contribution in [2.45, 2.75) is 43.9 Å². The maximum absolute atomic E-state index is 12.7. The zero-order valence-electron chi connectivity index (χ0n) is 24.1. The topological polar surface area (TPSA) is 98.3 Å². The predicted octanol–water partition coefficient (Wildman–Crippen LogP) is 5.95. The van der Waals surface area contributed by atoms with Gasteiger partial charge in [-0.05, 0) is 127 Å². The third-order valence-electron chi connectivity index (χ3n) is 9.10. The minimum absolute atomic E-state index is 0.154. The number of hydrogen-bond acceptors (Lipinski definition) is 6. The van der Waals surface area contributed by atoms with Gasteiger partial charge in [0.05, 0.1) is 20.4 Å². The summed E-state index contributed by atoms with van der Waals surface area (Å²) in [6.07, 6.45) is 9.76. The molecule has 0 unspecified atom stereocenters. The van der Waals surface area contributed by atoms with Crippen molar-refractivity contribution < 1.29 is 23.8 Å². The number of carbonyl (C=O) groups is 2. The van der Waals surface area contributed by atoms with Gasteiger partial charge in [0.1, 0.15) is 5.75 Å². The summed E-state index contributed by atoms with van der Waals surface area (Å²) >= 11 is 0. The molecule has 4 aliphatic rings. The van der Waals surface area contributed by atoms with Crippen LogP contribution < -0.4 is 25.0 Å². The Labute approximate surface area is 246 Å². The van der Waals surface area contributed by atoms with E-state index in [1.807, 2.05) is 12.1 Å². The molecule has 0 radical (unpaired) electrons. The van der Waals surface area contributed by atoms with E-state index in [0.717, 1.165) is 23.4 Å². The molecule has 3 aromatic carbocycles. The van der Waals surface area contributed by atoms with E-state index in [9.17, 15) is 9.59 Å². The van der Waals surface area contributed by atoms with Gasteiger partial charge in [-0.25, -0.2) is 5.43 Å². The van der Waals surface area contributed by atoms with Crippen LogP contribution in [0.4, 0.5) is 5.69 Å². The summed E-state index contributed by atoms with van der Waals surface area (Å²) in [5.41, 5.74) is 6.21. The molecule has 2 N–H and O–H groups in total. The molecular formula is C34H37N3O5. The molecule has 4 aliphatic carbocycles. The first-order chi connectivity index (χ1) is 20.4. The first-order valence-corrected chi connectivity index (χ1v) is 14.6. The number of ether oxygens (including phenoxy) is 3. The summed E-state index contributed by atoms with van der Waals surface area (Å²) in [7, 11) is 3.10. The number of hydrazone groups is 1. The molecule has 0 saturated heterocycles. The summed E-state index contributed by atoms with van der Waals surface area (Å²) in [6, 6.07) is 20.4. The summed E-state index contributed by atoms with van der Waals surface area (Å²) < 4.78 is 16.3. The molecule has 2 amide bonds. The second-order valence-corrected chi connectivity index (χ2v) is 12.0. The molecule has 8 heteroatoms. The third-order valence-corrected chi connectivity index (χ3v) is 9.10. The molecule has 4 saturated carbocycles. The first-order valence-electron chi connectivity index (χ1n) is 14.6. The predicted molar refractivity (Wildman–Crippen MR) is 161 cm³/mol. The Morgan fingerprint density at radius 1 is 0.857 bits per heavy atom. The Hall–Kier alpha value is -4.33. The number of nitrogens with zero attached hydrogens (tertiary/aromatic N) is 1. The standard InChI is InChI=1S/C34H37N3O5/c1-40-29-10-4-26(5-11-29)33(39)37-35-20-22-3-12-30(31(16-22)41-2)42-21-32(38)36-28-8-6-27(7-9-28)34-17-23-13-24(18-34)15-25(14-23)19-34/h3-12,16,20,23-25H,13-15,17-19,21H2,1-2H3,(H,36,38)(H,37,39)/b35-20+. The van der Waals surface area contributed by atoms with Crippen LogP contribution in [0.5, 0.6) is 17.2 Å². The number of rotatable bonds is 10. The number of hydrogen-bond donors (Lipinski definition) is 2. The van der Waals surface area contributed by atoms with Gasteiger partial charge in [0.25, 0.3) is 11.8 Å². The van der Waals surface area contributed by atoms with Crippen LogP contribution in [-0.4, -0.2) is 38.9 Å². The van der Waals surface area contributed by atoms with Gasteiger partial charge in [0, 0.05) is 11.3 Å². The van der Waals surface area contributed by atoms with Gasteiger partial charge >= 0.3 is 0 Å². The van der Waals surface area contributed by atoms with Crippen LogP contribution in [-0.2, 0) is 10.2 Å².